The van der Waals surface area contributed by atoms with Gasteiger partial charge < -0.3 is 19.4 Å². The summed E-state index contributed by atoms with van der Waals surface area (Å²) < 4.78 is 15.2. The van der Waals surface area contributed by atoms with Crippen LogP contribution in [-0.4, -0.2) is 21.2 Å². The zero-order chi connectivity index (χ0) is 65.7. The van der Waals surface area contributed by atoms with E-state index in [2.05, 4.69) is 264 Å². The first-order chi connectivity index (χ1) is 44.0. The molecule has 4 aliphatic heterocycles. The topological polar surface area (TPSA) is 37.2 Å². The fourth-order valence-corrected chi connectivity index (χ4v) is 16.3. The molecule has 10 heteroatoms. The van der Waals surface area contributed by atoms with Crippen LogP contribution in [0, 0.1) is 31.8 Å². The van der Waals surface area contributed by atoms with Gasteiger partial charge in [-0.3, -0.25) is 9.37 Å². The summed E-state index contributed by atoms with van der Waals surface area (Å²) in [4.78, 5) is 20.4. The SMILES string of the molecule is CC(C)c1cccc(C(C)C)c1-n1c(-c2[c-]cccc2)nc2ccc(-c3cc4c5c(c3)N3c6ccc(C(C)(C)C)cc6Sc6cc(C(C)(C)C)cc(c63)B5c3cc(C(C)(C)C)cc5c3N4c3ccc(C(C)(C)C)cc3S5)cc21.Cc1cnc(-c2[c-]cc(F)cc2)cc1C.[Ir]. The van der Waals surface area contributed by atoms with E-state index < -0.39 is 0 Å². The summed E-state index contributed by atoms with van der Waals surface area (Å²) in [7, 11) is 0. The summed E-state index contributed by atoms with van der Waals surface area (Å²) in [6.45, 7) is 41.6. The normalized spacial score (nSPS) is 13.6. The number of hydrogen-bond donors (Lipinski definition) is 0. The van der Waals surface area contributed by atoms with Crippen molar-refractivity contribution >= 4 is 91.8 Å². The van der Waals surface area contributed by atoms with E-state index in [0.717, 1.165) is 44.8 Å². The Bertz CT molecular complexity index is 4660. The first-order valence-electron chi connectivity index (χ1n) is 33.1. The molecule has 0 saturated heterocycles. The first kappa shape index (κ1) is 65.2. The fraction of sp³-hybridized carbons (Fsp3) is 0.286. The second-order valence-corrected chi connectivity index (χ2v) is 33.0. The van der Waals surface area contributed by atoms with Crippen molar-refractivity contribution in [2.24, 2.45) is 0 Å². The summed E-state index contributed by atoms with van der Waals surface area (Å²) in [5.74, 6) is 1.22. The molecule has 9 aromatic carbocycles. The second kappa shape index (κ2) is 23.7. The summed E-state index contributed by atoms with van der Waals surface area (Å²) in [6.07, 6.45) is 1.82. The molecule has 0 atom stereocenters. The maximum Gasteiger partial charge on any atom is 0.252 e. The molecule has 0 amide bonds. The molecule has 0 bridgehead atoms. The standard InChI is InChI=1S/C71H72BN4S2.C13H11FN.Ir/c1-40(2)49-23-20-24-50(41(3)4)64(49)76-56-31-43(25-28-53(56)73-67(76)42-21-18-17-19-22-42)44-32-57-63-58(33-44)75-55-30-27-46(69(8,9)10)37-60(55)78-62-39-48(71(14,15)16)35-52(66(62)75)72(63)51-34-47(70(11,12)13)38-61-65(51)74(57)54-29-26-45(68(5,6)7)36-59(54)77-61;1-9-7-13(15-8-10(9)2)11-3-5-12(14)6-4-11;/h17-21,23-41H,1-16H3;3,5-8H,1-2H3;/q2*-1;. The molecule has 0 fully saturated rings. The number of anilines is 6. The van der Waals surface area contributed by atoms with Crippen LogP contribution in [0.1, 0.15) is 167 Å². The zero-order valence-electron chi connectivity index (χ0n) is 57.6. The minimum absolute atomic E-state index is 0. The van der Waals surface area contributed by atoms with Gasteiger partial charge in [-0.25, -0.2) is 0 Å². The summed E-state index contributed by atoms with van der Waals surface area (Å²) in [6, 6.07) is 65.0. The van der Waals surface area contributed by atoms with Crippen LogP contribution >= 0.6 is 23.5 Å². The van der Waals surface area contributed by atoms with Gasteiger partial charge in [0.15, 0.2) is 0 Å². The van der Waals surface area contributed by atoms with Crippen molar-refractivity contribution in [3.8, 4) is 39.5 Å². The number of rotatable bonds is 6. The summed E-state index contributed by atoms with van der Waals surface area (Å²) in [5.41, 5.74) is 30.2. The van der Waals surface area contributed by atoms with Crippen molar-refractivity contribution in [1.29, 1.82) is 0 Å². The van der Waals surface area contributed by atoms with Crippen molar-refractivity contribution in [2.45, 2.75) is 178 Å². The number of nitrogens with zero attached hydrogens (tertiary/aromatic N) is 5. The quantitative estimate of drug-likeness (QED) is 0.122. The summed E-state index contributed by atoms with van der Waals surface area (Å²) >= 11 is 3.92. The van der Waals surface area contributed by atoms with E-state index in [1.165, 1.54) is 132 Å². The molecular weight excluding hydrogens is 1370 g/mol. The van der Waals surface area contributed by atoms with E-state index >= 15 is 0 Å². The van der Waals surface area contributed by atoms with E-state index in [1.807, 2.05) is 61.8 Å². The Hall–Kier alpha value is -7.46. The number of benzene rings is 9. The number of aryl methyl sites for hydroxylation is 2. The maximum absolute atomic E-state index is 12.7. The number of imidazole rings is 1. The average molecular weight is 1450 g/mol. The molecule has 4 aliphatic rings. The number of aromatic nitrogens is 3. The molecule has 0 saturated carbocycles. The van der Waals surface area contributed by atoms with Crippen molar-refractivity contribution in [3.63, 3.8) is 0 Å². The monoisotopic (exact) mass is 1450 g/mol. The Morgan fingerprint density at radius 2 is 1.03 bits per heavy atom. The Morgan fingerprint density at radius 3 is 1.51 bits per heavy atom. The number of pyridine rings is 1. The van der Waals surface area contributed by atoms with E-state index in [4.69, 9.17) is 4.98 Å². The predicted octanol–water partition coefficient (Wildman–Crippen LogP) is 21.9. The Balaban J connectivity index is 0.000000441. The largest absolute Gasteiger partial charge is 0.333 e. The van der Waals surface area contributed by atoms with Crippen LogP contribution in [0.4, 0.5) is 38.5 Å². The zero-order valence-corrected chi connectivity index (χ0v) is 61.6. The maximum atomic E-state index is 12.7. The molecule has 6 heterocycles. The molecule has 0 aliphatic carbocycles. The van der Waals surface area contributed by atoms with Gasteiger partial charge in [0.2, 0.25) is 0 Å². The first-order valence-corrected chi connectivity index (χ1v) is 34.7. The van der Waals surface area contributed by atoms with Crippen molar-refractivity contribution in [1.82, 2.24) is 14.5 Å². The molecule has 1 radical (unpaired) electrons. The van der Waals surface area contributed by atoms with Gasteiger partial charge in [0, 0.05) is 68.8 Å². The van der Waals surface area contributed by atoms with Gasteiger partial charge in [-0.2, -0.15) is 0 Å². The van der Waals surface area contributed by atoms with Crippen molar-refractivity contribution in [3.05, 3.63) is 226 Å². The van der Waals surface area contributed by atoms with Crippen LogP contribution in [0.15, 0.2) is 184 Å². The second-order valence-electron chi connectivity index (χ2n) is 30.8. The van der Waals surface area contributed by atoms with Gasteiger partial charge in [-0.05, 0) is 180 Å². The van der Waals surface area contributed by atoms with Gasteiger partial charge >= 0.3 is 0 Å². The average Bonchev–Trinajstić information content (AvgIpc) is 0.768. The van der Waals surface area contributed by atoms with E-state index in [-0.39, 0.29) is 54.3 Å². The third kappa shape index (κ3) is 11.3. The van der Waals surface area contributed by atoms with Crippen LogP contribution in [0.3, 0.4) is 0 Å². The number of fused-ring (bicyclic) bond motifs is 9. The smallest absolute Gasteiger partial charge is 0.252 e. The third-order valence-electron chi connectivity index (χ3n) is 19.4. The molecule has 2 aromatic heterocycles. The molecule has 94 heavy (non-hydrogen) atoms. The van der Waals surface area contributed by atoms with Gasteiger partial charge in [-0.15, -0.1) is 65.7 Å². The van der Waals surface area contributed by atoms with Gasteiger partial charge in [0.1, 0.15) is 0 Å². The molecule has 11 aromatic rings. The molecule has 0 unspecified atom stereocenters. The molecule has 477 valence electrons. The van der Waals surface area contributed by atoms with Crippen LogP contribution in [0.25, 0.3) is 50.5 Å². The Kier molecular flexibility index (Phi) is 16.5. The molecular formula is C84H83BFIrN5S2-2. The molecule has 15 rings (SSSR count). The predicted molar refractivity (Wildman–Crippen MR) is 394 cm³/mol. The van der Waals surface area contributed by atoms with E-state index in [9.17, 15) is 4.39 Å². The van der Waals surface area contributed by atoms with Crippen molar-refractivity contribution in [2.75, 3.05) is 9.80 Å². The van der Waals surface area contributed by atoms with E-state index in [0.29, 0.717) is 11.8 Å². The van der Waals surface area contributed by atoms with Crippen LogP contribution < -0.4 is 26.2 Å². The van der Waals surface area contributed by atoms with Gasteiger partial charge in [0.25, 0.3) is 6.71 Å². The van der Waals surface area contributed by atoms with Crippen molar-refractivity contribution < 1.29 is 24.5 Å². The number of halogens is 1. The summed E-state index contributed by atoms with van der Waals surface area (Å²) in [5, 5.41) is 0. The third-order valence-corrected chi connectivity index (χ3v) is 21.6. The molecule has 0 N–H and O–H groups in total. The minimum atomic E-state index is -0.275. The van der Waals surface area contributed by atoms with Gasteiger partial charge in [-0.1, -0.05) is 194 Å². The Labute approximate surface area is 579 Å². The van der Waals surface area contributed by atoms with Gasteiger partial charge in [0.05, 0.1) is 39.6 Å². The van der Waals surface area contributed by atoms with E-state index in [1.54, 1.807) is 6.07 Å². The molecule has 5 nitrogen and oxygen atoms in total. The van der Waals surface area contributed by atoms with Crippen LogP contribution in [0.2, 0.25) is 0 Å². The fourth-order valence-electron chi connectivity index (χ4n) is 13.9. The number of hydrogen-bond acceptors (Lipinski definition) is 6. The van der Waals surface area contributed by atoms with Crippen LogP contribution in [0.5, 0.6) is 0 Å². The van der Waals surface area contributed by atoms with Crippen LogP contribution in [-0.2, 0) is 41.8 Å². The minimum Gasteiger partial charge on any atom is -0.333 e. The number of para-hydroxylation sites is 1. The Morgan fingerprint density at radius 1 is 0.489 bits per heavy atom. The molecule has 0 spiro atoms.